The second kappa shape index (κ2) is 12.4. The van der Waals surface area contributed by atoms with Gasteiger partial charge in [0.15, 0.2) is 5.69 Å². The number of non-ortho nitro benzene ring substituents is 1. The van der Waals surface area contributed by atoms with E-state index in [0.717, 1.165) is 6.07 Å². The lowest BCUT2D eigenvalue weighted by atomic mass is 9.99. The van der Waals surface area contributed by atoms with Gasteiger partial charge in [0.1, 0.15) is 5.30 Å². The van der Waals surface area contributed by atoms with Crippen molar-refractivity contribution >= 4 is 42.7 Å². The van der Waals surface area contributed by atoms with E-state index in [1.54, 1.807) is 0 Å². The summed E-state index contributed by atoms with van der Waals surface area (Å²) in [6, 6.07) is 1.95. The fourth-order valence-corrected chi connectivity index (χ4v) is 7.01. The highest BCUT2D eigenvalue weighted by molar-refractivity contribution is 7.62. The third-order valence-corrected chi connectivity index (χ3v) is 8.76. The number of halogens is 6. The molecule has 0 spiro atoms. The maximum atomic E-state index is 14.7. The number of rotatable bonds is 12. The van der Waals surface area contributed by atoms with Gasteiger partial charge in [-0.3, -0.25) is 19.2 Å². The van der Waals surface area contributed by atoms with Crippen molar-refractivity contribution in [2.45, 2.75) is 40.0 Å². The molecule has 0 fully saturated rings. The molecule has 2 rings (SSSR count). The number of benzene rings is 1. The van der Waals surface area contributed by atoms with Crippen LogP contribution < -0.4 is 5.30 Å². The number of aromatic nitrogens is 1. The molecule has 0 amide bonds. The molecule has 218 valence electrons. The third kappa shape index (κ3) is 7.44. The quantitative estimate of drug-likeness (QED) is 0.106. The minimum atomic E-state index is -5.59. The lowest BCUT2D eigenvalue weighted by molar-refractivity contribution is -0.384. The second-order valence-corrected chi connectivity index (χ2v) is 11.2. The highest BCUT2D eigenvalue weighted by atomic mass is 31.2. The minimum absolute atomic E-state index is 0.0561. The topological polar surface area (TPSA) is 127 Å². The molecule has 0 aliphatic rings. The van der Waals surface area contributed by atoms with Crippen LogP contribution in [-0.4, -0.2) is 42.5 Å². The van der Waals surface area contributed by atoms with E-state index in [1.165, 1.54) is 27.7 Å². The smallest absolute Gasteiger partial charge is 0.306 e. The van der Waals surface area contributed by atoms with Crippen LogP contribution in [0.4, 0.5) is 32.0 Å². The van der Waals surface area contributed by atoms with Crippen LogP contribution in [0, 0.1) is 10.1 Å². The standard InChI is InChI=1S/C21H24F6N2O8P2/c1-5-34-38(32,35-6-2)12-15(20(22,23)24)17-14-11-13(29(30)31)9-10-16(14)28-19(21(25,26)27)18(17)39(33,36-7-3)37-8-4/h9-12H,5-8H2,1-4H3/b15-12-. The predicted octanol–water partition coefficient (Wildman–Crippen LogP) is 7.22. The van der Waals surface area contributed by atoms with Crippen LogP contribution in [0.25, 0.3) is 16.5 Å². The highest BCUT2D eigenvalue weighted by Gasteiger charge is 2.49. The van der Waals surface area contributed by atoms with Crippen molar-refractivity contribution in [1.82, 2.24) is 4.98 Å². The molecule has 0 aliphatic heterocycles. The van der Waals surface area contributed by atoms with Gasteiger partial charge in [-0.15, -0.1) is 0 Å². The van der Waals surface area contributed by atoms with E-state index in [1.807, 2.05) is 0 Å². The number of nitro benzene ring substituents is 1. The van der Waals surface area contributed by atoms with Crippen molar-refractivity contribution in [1.29, 1.82) is 0 Å². The van der Waals surface area contributed by atoms with Crippen LogP contribution in [0.2, 0.25) is 0 Å². The maximum absolute atomic E-state index is 14.7. The number of hydrogen-bond donors (Lipinski definition) is 0. The van der Waals surface area contributed by atoms with Gasteiger partial charge in [0.25, 0.3) is 5.69 Å². The Bertz CT molecular complexity index is 1330. The first kappa shape index (κ1) is 32.9. The van der Waals surface area contributed by atoms with Gasteiger partial charge in [-0.1, -0.05) is 0 Å². The molecule has 0 aliphatic carbocycles. The van der Waals surface area contributed by atoms with Gasteiger partial charge < -0.3 is 18.1 Å². The summed E-state index contributed by atoms with van der Waals surface area (Å²) < 4.78 is 134. The van der Waals surface area contributed by atoms with Gasteiger partial charge in [-0.05, 0) is 33.8 Å². The number of pyridine rings is 1. The number of fused-ring (bicyclic) bond motifs is 1. The van der Waals surface area contributed by atoms with E-state index >= 15 is 0 Å². The van der Waals surface area contributed by atoms with Crippen LogP contribution in [-0.2, 0) is 33.4 Å². The van der Waals surface area contributed by atoms with Gasteiger partial charge in [-0.25, -0.2) is 4.98 Å². The summed E-state index contributed by atoms with van der Waals surface area (Å²) in [5.41, 5.74) is -7.18. The molecule has 39 heavy (non-hydrogen) atoms. The van der Waals surface area contributed by atoms with Crippen molar-refractivity contribution in [3.8, 4) is 0 Å². The minimum Gasteiger partial charge on any atom is -0.306 e. The molecule has 0 saturated carbocycles. The molecule has 0 unspecified atom stereocenters. The summed E-state index contributed by atoms with van der Waals surface area (Å²) in [6.45, 7) is 3.00. The predicted molar refractivity (Wildman–Crippen MR) is 129 cm³/mol. The SMILES string of the molecule is CCOP(=O)(/C=C(/c1c(P(=O)(OCC)OCC)c(C(F)(F)F)nc2ccc([N+](=O)[O-])cc12)C(F)(F)F)OCC. The van der Waals surface area contributed by atoms with Crippen molar-refractivity contribution in [3.05, 3.63) is 45.4 Å². The average Bonchev–Trinajstić information content (AvgIpc) is 2.80. The highest BCUT2D eigenvalue weighted by Crippen LogP contribution is 2.57. The Kier molecular flexibility index (Phi) is 10.5. The van der Waals surface area contributed by atoms with Gasteiger partial charge in [0, 0.05) is 28.9 Å². The molecule has 2 aromatic rings. The summed E-state index contributed by atoms with van der Waals surface area (Å²) in [5, 5.41) is 8.89. The zero-order valence-electron chi connectivity index (χ0n) is 21.0. The van der Waals surface area contributed by atoms with E-state index in [0.29, 0.717) is 12.1 Å². The molecular weight excluding hydrogens is 584 g/mol. The Hall–Kier alpha value is -2.35. The van der Waals surface area contributed by atoms with Crippen LogP contribution in [0.15, 0.2) is 24.0 Å². The van der Waals surface area contributed by atoms with Crippen molar-refractivity contribution in [2.24, 2.45) is 0 Å². The number of nitrogens with zero attached hydrogens (tertiary/aromatic N) is 2. The first-order valence-corrected chi connectivity index (χ1v) is 14.4. The first-order chi connectivity index (χ1) is 18.0. The van der Waals surface area contributed by atoms with Crippen molar-refractivity contribution < 1.29 is 58.5 Å². The summed E-state index contributed by atoms with van der Waals surface area (Å²) in [4.78, 5) is 13.8. The number of hydrogen-bond acceptors (Lipinski definition) is 9. The average molecular weight is 608 g/mol. The van der Waals surface area contributed by atoms with Crippen LogP contribution >= 0.6 is 15.2 Å². The van der Waals surface area contributed by atoms with Gasteiger partial charge in [0.2, 0.25) is 0 Å². The molecule has 1 aromatic carbocycles. The Labute approximate surface area is 218 Å². The fourth-order valence-electron chi connectivity index (χ4n) is 3.51. The van der Waals surface area contributed by atoms with E-state index in [-0.39, 0.29) is 5.82 Å². The number of nitro groups is 1. The maximum Gasteiger partial charge on any atom is 0.434 e. The van der Waals surface area contributed by atoms with Gasteiger partial charge in [-0.2, -0.15) is 26.3 Å². The van der Waals surface area contributed by atoms with E-state index in [9.17, 15) is 45.6 Å². The van der Waals surface area contributed by atoms with Crippen molar-refractivity contribution in [2.75, 3.05) is 26.4 Å². The molecule has 10 nitrogen and oxygen atoms in total. The zero-order valence-corrected chi connectivity index (χ0v) is 22.7. The molecule has 18 heteroatoms. The third-order valence-electron chi connectivity index (χ3n) is 4.77. The zero-order chi connectivity index (χ0) is 29.8. The van der Waals surface area contributed by atoms with Crippen molar-refractivity contribution in [3.63, 3.8) is 0 Å². The Morgan fingerprint density at radius 2 is 1.46 bits per heavy atom. The monoisotopic (exact) mass is 608 g/mol. The number of alkyl halides is 6. The lowest BCUT2D eigenvalue weighted by Gasteiger charge is -2.26. The number of allylic oxidation sites excluding steroid dienone is 1. The summed E-state index contributed by atoms with van der Waals surface area (Å²) in [6.07, 6.45) is -11.1. The molecule has 0 bridgehead atoms. The molecule has 1 heterocycles. The van der Waals surface area contributed by atoms with E-state index < -0.39 is 97.6 Å². The fraction of sp³-hybridized carbons (Fsp3) is 0.476. The molecule has 0 radical (unpaired) electrons. The van der Waals surface area contributed by atoms with E-state index in [4.69, 9.17) is 18.1 Å². The summed E-state index contributed by atoms with van der Waals surface area (Å²) in [5.74, 6) is -0.0561. The lowest BCUT2D eigenvalue weighted by Crippen LogP contribution is -2.30. The van der Waals surface area contributed by atoms with Gasteiger partial charge >= 0.3 is 27.5 Å². The molecule has 0 saturated heterocycles. The van der Waals surface area contributed by atoms with Crippen LogP contribution in [0.1, 0.15) is 39.0 Å². The normalized spacial score (nSPS) is 13.7. The van der Waals surface area contributed by atoms with Gasteiger partial charge in [0.05, 0.1) is 42.4 Å². The molecule has 0 N–H and O–H groups in total. The Balaban J connectivity index is 3.39. The first-order valence-electron chi connectivity index (χ1n) is 11.3. The molecule has 1 aromatic heterocycles. The van der Waals surface area contributed by atoms with Crippen LogP contribution in [0.5, 0.6) is 0 Å². The largest absolute Gasteiger partial charge is 0.434 e. The second-order valence-electron chi connectivity index (χ2n) is 7.39. The summed E-state index contributed by atoms with van der Waals surface area (Å²) in [7, 11) is -10.1. The summed E-state index contributed by atoms with van der Waals surface area (Å²) >= 11 is 0. The molecule has 0 atom stereocenters. The Morgan fingerprint density at radius 3 is 1.87 bits per heavy atom. The Morgan fingerprint density at radius 1 is 0.949 bits per heavy atom. The van der Waals surface area contributed by atoms with Crippen LogP contribution in [0.3, 0.4) is 0 Å². The molecular formula is C21H24F6N2O8P2. The van der Waals surface area contributed by atoms with E-state index in [2.05, 4.69) is 4.98 Å².